The molecule has 0 saturated heterocycles. The lowest BCUT2D eigenvalue weighted by molar-refractivity contribution is 0.175. The van der Waals surface area contributed by atoms with Gasteiger partial charge in [0.05, 0.1) is 0 Å². The smallest absolute Gasteiger partial charge is 0.317 e. The summed E-state index contributed by atoms with van der Waals surface area (Å²) in [5.41, 5.74) is 0. The van der Waals surface area contributed by atoms with E-state index in [1.165, 1.54) is 12.8 Å². The van der Waals surface area contributed by atoms with Gasteiger partial charge in [-0.25, -0.2) is 4.79 Å². The van der Waals surface area contributed by atoms with E-state index >= 15 is 0 Å². The second-order valence-corrected chi connectivity index (χ2v) is 5.25. The zero-order valence-electron chi connectivity index (χ0n) is 11.0. The molecule has 1 aliphatic carbocycles. The number of amides is 2. The maximum absolute atomic E-state index is 11.7. The first-order valence-electron chi connectivity index (χ1n) is 6.63. The third-order valence-corrected chi connectivity index (χ3v) is 3.40. The van der Waals surface area contributed by atoms with Crippen molar-refractivity contribution < 1.29 is 9.53 Å². The highest BCUT2D eigenvalue weighted by Crippen LogP contribution is 2.18. The van der Waals surface area contributed by atoms with Crippen LogP contribution in [0.1, 0.15) is 32.6 Å². The Morgan fingerprint density at radius 2 is 1.95 bits per heavy atom. The van der Waals surface area contributed by atoms with Crippen molar-refractivity contribution in [2.45, 2.75) is 44.9 Å². The molecule has 1 fully saturated rings. The molecule has 1 aromatic rings. The van der Waals surface area contributed by atoms with Crippen LogP contribution in [0.25, 0.3) is 0 Å². The van der Waals surface area contributed by atoms with Crippen molar-refractivity contribution in [2.24, 2.45) is 0 Å². The number of benzene rings is 1. The van der Waals surface area contributed by atoms with Gasteiger partial charge in [-0.3, -0.25) is 0 Å². The van der Waals surface area contributed by atoms with Crippen LogP contribution in [0, 0.1) is 0 Å². The number of ether oxygens (including phenoxy) is 1. The van der Waals surface area contributed by atoms with Crippen LogP contribution >= 0.6 is 11.6 Å². The lowest BCUT2D eigenvalue weighted by Crippen LogP contribution is -2.46. The average Bonchev–Trinajstić information content (AvgIpc) is 2.84. The fourth-order valence-corrected chi connectivity index (χ4v) is 2.35. The van der Waals surface area contributed by atoms with Gasteiger partial charge in [-0.1, -0.05) is 24.4 Å². The fourth-order valence-electron chi connectivity index (χ4n) is 2.23. The topological polar surface area (TPSA) is 50.4 Å². The summed E-state index contributed by atoms with van der Waals surface area (Å²) in [6, 6.07) is 7.19. The van der Waals surface area contributed by atoms with Gasteiger partial charge in [-0.15, -0.1) is 0 Å². The SMILES string of the molecule is CC(NC(=O)NC1CCCC1)Oc1ccc(Cl)cc1. The molecule has 1 aliphatic rings. The molecule has 1 aromatic carbocycles. The minimum absolute atomic E-state index is 0.173. The third kappa shape index (κ3) is 4.63. The monoisotopic (exact) mass is 282 g/mol. The third-order valence-electron chi connectivity index (χ3n) is 3.15. The van der Waals surface area contributed by atoms with Crippen LogP contribution in [0.5, 0.6) is 5.75 Å². The minimum atomic E-state index is -0.387. The first kappa shape index (κ1) is 14.0. The zero-order valence-corrected chi connectivity index (χ0v) is 11.7. The lowest BCUT2D eigenvalue weighted by atomic mass is 10.2. The van der Waals surface area contributed by atoms with Crippen molar-refractivity contribution in [3.8, 4) is 5.75 Å². The Balaban J connectivity index is 1.75. The Bertz CT molecular complexity index is 416. The molecule has 1 unspecified atom stereocenters. The number of nitrogens with one attached hydrogen (secondary N) is 2. The van der Waals surface area contributed by atoms with Crippen molar-refractivity contribution in [1.82, 2.24) is 10.6 Å². The Morgan fingerprint density at radius 1 is 1.32 bits per heavy atom. The van der Waals surface area contributed by atoms with Gasteiger partial charge in [0.1, 0.15) is 5.75 Å². The maximum Gasteiger partial charge on any atom is 0.317 e. The van der Waals surface area contributed by atoms with E-state index in [-0.39, 0.29) is 12.3 Å². The molecule has 5 heteroatoms. The van der Waals surface area contributed by atoms with Crippen LogP contribution in [-0.2, 0) is 0 Å². The van der Waals surface area contributed by atoms with Gasteiger partial charge < -0.3 is 15.4 Å². The molecule has 2 rings (SSSR count). The number of urea groups is 1. The number of carbonyl (C=O) groups is 1. The van der Waals surface area contributed by atoms with E-state index in [1.807, 2.05) is 0 Å². The van der Waals surface area contributed by atoms with E-state index in [4.69, 9.17) is 16.3 Å². The summed E-state index contributed by atoms with van der Waals surface area (Å²) in [6.45, 7) is 1.79. The van der Waals surface area contributed by atoms with Gasteiger partial charge in [0.25, 0.3) is 0 Å². The van der Waals surface area contributed by atoms with Gasteiger partial charge in [0, 0.05) is 11.1 Å². The highest BCUT2D eigenvalue weighted by Gasteiger charge is 2.18. The molecular weight excluding hydrogens is 264 g/mol. The molecule has 104 valence electrons. The molecule has 0 bridgehead atoms. The van der Waals surface area contributed by atoms with Gasteiger partial charge >= 0.3 is 6.03 Å². The molecule has 1 atom stereocenters. The van der Waals surface area contributed by atoms with Gasteiger partial charge in [-0.2, -0.15) is 0 Å². The average molecular weight is 283 g/mol. The summed E-state index contributed by atoms with van der Waals surface area (Å²) >= 11 is 5.79. The van der Waals surface area contributed by atoms with E-state index in [1.54, 1.807) is 31.2 Å². The molecule has 19 heavy (non-hydrogen) atoms. The summed E-state index contributed by atoms with van der Waals surface area (Å²) in [6.07, 6.45) is 4.14. The van der Waals surface area contributed by atoms with Crippen LogP contribution in [-0.4, -0.2) is 18.3 Å². The molecule has 2 N–H and O–H groups in total. The maximum atomic E-state index is 11.7. The molecule has 1 saturated carbocycles. The van der Waals surface area contributed by atoms with Crippen molar-refractivity contribution in [3.05, 3.63) is 29.3 Å². The lowest BCUT2D eigenvalue weighted by Gasteiger charge is -2.18. The number of carbonyl (C=O) groups excluding carboxylic acids is 1. The summed E-state index contributed by atoms with van der Waals surface area (Å²) in [5, 5.41) is 6.38. The van der Waals surface area contributed by atoms with E-state index in [2.05, 4.69) is 10.6 Å². The summed E-state index contributed by atoms with van der Waals surface area (Å²) < 4.78 is 5.57. The second kappa shape index (κ2) is 6.66. The fraction of sp³-hybridized carbons (Fsp3) is 0.500. The van der Waals surface area contributed by atoms with E-state index in [9.17, 15) is 4.79 Å². The van der Waals surface area contributed by atoms with Crippen molar-refractivity contribution in [1.29, 1.82) is 0 Å². The second-order valence-electron chi connectivity index (χ2n) is 4.81. The first-order valence-corrected chi connectivity index (χ1v) is 7.00. The van der Waals surface area contributed by atoms with Crippen LogP contribution in [0.3, 0.4) is 0 Å². The van der Waals surface area contributed by atoms with Crippen molar-refractivity contribution >= 4 is 17.6 Å². The van der Waals surface area contributed by atoms with Crippen LogP contribution < -0.4 is 15.4 Å². The highest BCUT2D eigenvalue weighted by atomic mass is 35.5. The van der Waals surface area contributed by atoms with E-state index in [0.29, 0.717) is 16.8 Å². The van der Waals surface area contributed by atoms with Crippen molar-refractivity contribution in [2.75, 3.05) is 0 Å². The molecule has 0 aliphatic heterocycles. The Labute approximate surface area is 118 Å². The summed E-state index contributed by atoms with van der Waals surface area (Å²) in [7, 11) is 0. The molecular formula is C14H19ClN2O2. The highest BCUT2D eigenvalue weighted by molar-refractivity contribution is 6.30. The molecule has 0 radical (unpaired) electrons. The predicted octanol–water partition coefficient (Wildman–Crippen LogP) is 3.31. The normalized spacial score (nSPS) is 16.9. The van der Waals surface area contributed by atoms with Gasteiger partial charge in [-0.05, 0) is 44.0 Å². The number of rotatable bonds is 4. The summed E-state index contributed by atoms with van der Waals surface area (Å²) in [5.74, 6) is 0.679. The molecule has 4 nitrogen and oxygen atoms in total. The Morgan fingerprint density at radius 3 is 2.58 bits per heavy atom. The number of hydrogen-bond donors (Lipinski definition) is 2. The molecule has 0 heterocycles. The van der Waals surface area contributed by atoms with Gasteiger partial charge in [0.2, 0.25) is 0 Å². The largest absolute Gasteiger partial charge is 0.471 e. The van der Waals surface area contributed by atoms with E-state index in [0.717, 1.165) is 12.8 Å². The van der Waals surface area contributed by atoms with Crippen LogP contribution in [0.2, 0.25) is 5.02 Å². The Kier molecular flexibility index (Phi) is 4.91. The Hall–Kier alpha value is -1.42. The molecule has 0 aromatic heterocycles. The summed E-state index contributed by atoms with van der Waals surface area (Å²) in [4.78, 5) is 11.7. The van der Waals surface area contributed by atoms with Crippen LogP contribution in [0.15, 0.2) is 24.3 Å². The van der Waals surface area contributed by atoms with E-state index < -0.39 is 0 Å². The quantitative estimate of drug-likeness (QED) is 0.833. The standard InChI is InChI=1S/C14H19ClN2O2/c1-10(19-13-8-6-11(15)7-9-13)16-14(18)17-12-4-2-3-5-12/h6-10,12H,2-5H2,1H3,(H2,16,17,18). The van der Waals surface area contributed by atoms with Crippen molar-refractivity contribution in [3.63, 3.8) is 0 Å². The first-order chi connectivity index (χ1) is 9.13. The number of halogens is 1. The van der Waals surface area contributed by atoms with Gasteiger partial charge in [0.15, 0.2) is 6.23 Å². The number of hydrogen-bond acceptors (Lipinski definition) is 2. The minimum Gasteiger partial charge on any atom is -0.471 e. The predicted molar refractivity (Wildman–Crippen MR) is 75.5 cm³/mol. The zero-order chi connectivity index (χ0) is 13.7. The van der Waals surface area contributed by atoms with Crippen LogP contribution in [0.4, 0.5) is 4.79 Å². The molecule has 0 spiro atoms. The molecule has 2 amide bonds.